The van der Waals surface area contributed by atoms with Gasteiger partial charge in [-0.15, -0.1) is 0 Å². The predicted molar refractivity (Wildman–Crippen MR) is 78.6 cm³/mol. The third-order valence-electron chi connectivity index (χ3n) is 3.25. The number of anilines is 1. The lowest BCUT2D eigenvalue weighted by Crippen LogP contribution is -2.00. The van der Waals surface area contributed by atoms with Crippen LogP contribution in [0.4, 0.5) is 5.69 Å². The van der Waals surface area contributed by atoms with Crippen molar-refractivity contribution in [3.63, 3.8) is 0 Å². The molecule has 0 aliphatic carbocycles. The summed E-state index contributed by atoms with van der Waals surface area (Å²) in [5.74, 6) is 0.863. The van der Waals surface area contributed by atoms with E-state index in [1.165, 1.54) is 16.5 Å². The molecule has 1 aromatic heterocycles. The summed E-state index contributed by atoms with van der Waals surface area (Å²) in [5.41, 5.74) is 3.43. The van der Waals surface area contributed by atoms with Crippen molar-refractivity contribution >= 4 is 16.6 Å². The van der Waals surface area contributed by atoms with Crippen molar-refractivity contribution in [2.45, 2.75) is 6.54 Å². The summed E-state index contributed by atoms with van der Waals surface area (Å²) in [6.45, 7) is 0.768. The number of hydrogen-bond donors (Lipinski definition) is 2. The van der Waals surface area contributed by atoms with Crippen molar-refractivity contribution in [2.24, 2.45) is 0 Å². The zero-order valence-corrected chi connectivity index (χ0v) is 10.8. The van der Waals surface area contributed by atoms with Crippen molar-refractivity contribution in [1.82, 2.24) is 4.98 Å². The molecule has 0 amide bonds. The number of H-pyrrole nitrogens is 1. The van der Waals surface area contributed by atoms with Crippen LogP contribution in [0.5, 0.6) is 5.75 Å². The van der Waals surface area contributed by atoms with Crippen LogP contribution in [0.25, 0.3) is 10.9 Å². The number of hydrogen-bond acceptors (Lipinski definition) is 2. The van der Waals surface area contributed by atoms with Crippen LogP contribution in [0.2, 0.25) is 0 Å². The molecule has 0 aliphatic rings. The topological polar surface area (TPSA) is 37.0 Å². The Labute approximate surface area is 112 Å². The van der Waals surface area contributed by atoms with Gasteiger partial charge in [0.15, 0.2) is 0 Å². The number of methoxy groups -OCH3 is 1. The molecule has 0 radical (unpaired) electrons. The standard InChI is InChI=1S/C16H16N2O/c1-19-16-9-5-4-8-15(16)18-11-12-10-17-14-7-3-2-6-13(12)14/h2-10,17-18H,11H2,1H3. The molecule has 3 aromatic rings. The smallest absolute Gasteiger partial charge is 0.141 e. The Balaban J connectivity index is 1.82. The van der Waals surface area contributed by atoms with Crippen LogP contribution in [-0.2, 0) is 6.54 Å². The molecule has 1 heterocycles. The quantitative estimate of drug-likeness (QED) is 0.741. The first-order valence-electron chi connectivity index (χ1n) is 6.30. The number of aromatic amines is 1. The van der Waals surface area contributed by atoms with Crippen molar-refractivity contribution < 1.29 is 4.74 Å². The van der Waals surface area contributed by atoms with Crippen molar-refractivity contribution in [2.75, 3.05) is 12.4 Å². The Morgan fingerprint density at radius 2 is 1.84 bits per heavy atom. The molecule has 0 atom stereocenters. The average molecular weight is 252 g/mol. The fraction of sp³-hybridized carbons (Fsp3) is 0.125. The third-order valence-corrected chi connectivity index (χ3v) is 3.25. The van der Waals surface area contributed by atoms with E-state index in [0.29, 0.717) is 0 Å². The van der Waals surface area contributed by atoms with Crippen LogP contribution >= 0.6 is 0 Å². The Hall–Kier alpha value is -2.42. The summed E-state index contributed by atoms with van der Waals surface area (Å²) in [5, 5.41) is 4.67. The second-order valence-corrected chi connectivity index (χ2v) is 4.41. The van der Waals surface area contributed by atoms with Gasteiger partial charge in [0.1, 0.15) is 5.75 Å². The minimum absolute atomic E-state index is 0.768. The lowest BCUT2D eigenvalue weighted by molar-refractivity contribution is 0.416. The van der Waals surface area contributed by atoms with Crippen molar-refractivity contribution in [3.05, 3.63) is 60.3 Å². The molecule has 19 heavy (non-hydrogen) atoms. The molecule has 2 aromatic carbocycles. The SMILES string of the molecule is COc1ccccc1NCc1c[nH]c2ccccc12. The minimum Gasteiger partial charge on any atom is -0.495 e. The highest BCUT2D eigenvalue weighted by molar-refractivity contribution is 5.83. The van der Waals surface area contributed by atoms with Gasteiger partial charge in [-0.3, -0.25) is 0 Å². The minimum atomic E-state index is 0.768. The molecule has 96 valence electrons. The van der Waals surface area contributed by atoms with Crippen LogP contribution in [0.1, 0.15) is 5.56 Å². The lowest BCUT2D eigenvalue weighted by Gasteiger charge is -2.10. The largest absolute Gasteiger partial charge is 0.495 e. The summed E-state index contributed by atoms with van der Waals surface area (Å²) in [4.78, 5) is 3.28. The summed E-state index contributed by atoms with van der Waals surface area (Å²) >= 11 is 0. The van der Waals surface area contributed by atoms with E-state index in [0.717, 1.165) is 18.0 Å². The molecule has 0 aliphatic heterocycles. The lowest BCUT2D eigenvalue weighted by atomic mass is 10.1. The van der Waals surface area contributed by atoms with E-state index in [2.05, 4.69) is 28.5 Å². The molecule has 0 fully saturated rings. The number of benzene rings is 2. The molecule has 0 saturated heterocycles. The van der Waals surface area contributed by atoms with Crippen LogP contribution in [0.15, 0.2) is 54.7 Å². The normalized spacial score (nSPS) is 10.6. The molecule has 2 N–H and O–H groups in total. The van der Waals surface area contributed by atoms with Crippen LogP contribution in [-0.4, -0.2) is 12.1 Å². The number of ether oxygens (including phenoxy) is 1. The van der Waals surface area contributed by atoms with Crippen LogP contribution in [0.3, 0.4) is 0 Å². The molecule has 3 nitrogen and oxygen atoms in total. The van der Waals surface area contributed by atoms with E-state index in [-0.39, 0.29) is 0 Å². The summed E-state index contributed by atoms with van der Waals surface area (Å²) in [7, 11) is 1.69. The van der Waals surface area contributed by atoms with Gasteiger partial charge >= 0.3 is 0 Å². The van der Waals surface area contributed by atoms with Gasteiger partial charge in [0.05, 0.1) is 12.8 Å². The molecule has 0 bridgehead atoms. The molecule has 0 unspecified atom stereocenters. The molecule has 0 spiro atoms. The Kier molecular flexibility index (Phi) is 3.11. The van der Waals surface area contributed by atoms with Gasteiger partial charge in [0, 0.05) is 23.6 Å². The second kappa shape index (κ2) is 5.06. The predicted octanol–water partition coefficient (Wildman–Crippen LogP) is 3.79. The van der Waals surface area contributed by atoms with E-state index in [1.807, 2.05) is 36.5 Å². The van der Waals surface area contributed by atoms with Gasteiger partial charge in [0.2, 0.25) is 0 Å². The first-order valence-corrected chi connectivity index (χ1v) is 6.30. The highest BCUT2D eigenvalue weighted by Gasteiger charge is 2.04. The van der Waals surface area contributed by atoms with Gasteiger partial charge in [-0.25, -0.2) is 0 Å². The highest BCUT2D eigenvalue weighted by atomic mass is 16.5. The third kappa shape index (κ3) is 2.27. The fourth-order valence-corrected chi connectivity index (χ4v) is 2.26. The Morgan fingerprint density at radius 1 is 1.05 bits per heavy atom. The van der Waals surface area contributed by atoms with Gasteiger partial charge in [0.25, 0.3) is 0 Å². The maximum atomic E-state index is 5.33. The first-order chi connectivity index (χ1) is 9.38. The summed E-state index contributed by atoms with van der Waals surface area (Å²) in [6, 6.07) is 16.3. The van der Waals surface area contributed by atoms with Gasteiger partial charge in [-0.1, -0.05) is 30.3 Å². The van der Waals surface area contributed by atoms with E-state index in [4.69, 9.17) is 4.74 Å². The van der Waals surface area contributed by atoms with Crippen LogP contribution < -0.4 is 10.1 Å². The fourth-order valence-electron chi connectivity index (χ4n) is 2.26. The molecular formula is C16H16N2O. The average Bonchev–Trinajstić information content (AvgIpc) is 2.89. The van der Waals surface area contributed by atoms with E-state index < -0.39 is 0 Å². The highest BCUT2D eigenvalue weighted by Crippen LogP contribution is 2.25. The van der Waals surface area contributed by atoms with Gasteiger partial charge in [-0.2, -0.15) is 0 Å². The number of aromatic nitrogens is 1. The molecule has 3 heteroatoms. The molecule has 3 rings (SSSR count). The number of para-hydroxylation sites is 3. The van der Waals surface area contributed by atoms with E-state index in [1.54, 1.807) is 7.11 Å². The monoisotopic (exact) mass is 252 g/mol. The number of fused-ring (bicyclic) bond motifs is 1. The summed E-state index contributed by atoms with van der Waals surface area (Å²) < 4.78 is 5.33. The van der Waals surface area contributed by atoms with E-state index >= 15 is 0 Å². The second-order valence-electron chi connectivity index (χ2n) is 4.41. The molecular weight excluding hydrogens is 236 g/mol. The van der Waals surface area contributed by atoms with E-state index in [9.17, 15) is 0 Å². The maximum absolute atomic E-state index is 5.33. The van der Waals surface area contributed by atoms with Gasteiger partial charge < -0.3 is 15.0 Å². The molecule has 0 saturated carbocycles. The van der Waals surface area contributed by atoms with Crippen LogP contribution in [0, 0.1) is 0 Å². The van der Waals surface area contributed by atoms with Crippen molar-refractivity contribution in [1.29, 1.82) is 0 Å². The zero-order valence-electron chi connectivity index (χ0n) is 10.8. The van der Waals surface area contributed by atoms with Crippen molar-refractivity contribution in [3.8, 4) is 5.75 Å². The first kappa shape index (κ1) is 11.7. The number of nitrogens with one attached hydrogen (secondary N) is 2. The Morgan fingerprint density at radius 3 is 2.74 bits per heavy atom. The summed E-state index contributed by atoms with van der Waals surface area (Å²) in [6.07, 6.45) is 2.05. The zero-order chi connectivity index (χ0) is 13.1. The van der Waals surface area contributed by atoms with Gasteiger partial charge in [-0.05, 0) is 23.8 Å². The number of rotatable bonds is 4. The maximum Gasteiger partial charge on any atom is 0.141 e. The Bertz CT molecular complexity index is 688.